The fourth-order valence-corrected chi connectivity index (χ4v) is 3.32. The Hall–Kier alpha value is -2.66. The van der Waals surface area contributed by atoms with E-state index in [0.717, 1.165) is 33.7 Å². The molecule has 0 spiro atoms. The van der Waals surface area contributed by atoms with Crippen LogP contribution in [0.5, 0.6) is 0 Å². The van der Waals surface area contributed by atoms with Crippen LogP contribution in [0.1, 0.15) is 10.6 Å². The zero-order valence-corrected chi connectivity index (χ0v) is 12.5. The third-order valence-electron chi connectivity index (χ3n) is 3.56. The number of benzene rings is 2. The van der Waals surface area contributed by atoms with Crippen molar-refractivity contribution in [3.8, 4) is 11.3 Å². The molecule has 4 aromatic rings. The second-order valence-electron chi connectivity index (χ2n) is 5.13. The summed E-state index contributed by atoms with van der Waals surface area (Å²) in [5.41, 5.74) is 4.65. The highest BCUT2D eigenvalue weighted by Crippen LogP contribution is 2.25. The largest absolute Gasteiger partial charge is 0.323 e. The lowest BCUT2D eigenvalue weighted by Crippen LogP contribution is -1.99. The maximum absolute atomic E-state index is 11.3. The molecular weight excluding hydrogens is 294 g/mol. The summed E-state index contributed by atoms with van der Waals surface area (Å²) < 4.78 is 0. The highest BCUT2D eigenvalue weighted by Gasteiger charge is 2.07. The summed E-state index contributed by atoms with van der Waals surface area (Å²) in [6.07, 6.45) is 0.842. The summed E-state index contributed by atoms with van der Waals surface area (Å²) in [5, 5.41) is 3.15. The molecule has 0 atom stereocenters. The first-order valence-corrected chi connectivity index (χ1v) is 7.87. The molecule has 0 amide bonds. The van der Waals surface area contributed by atoms with Gasteiger partial charge in [0.15, 0.2) is 0 Å². The van der Waals surface area contributed by atoms with Crippen LogP contribution >= 0.6 is 11.3 Å². The number of aromatic amines is 2. The molecule has 0 aliphatic carbocycles. The Bertz CT molecular complexity index is 982. The van der Waals surface area contributed by atoms with Crippen LogP contribution in [-0.2, 0) is 6.42 Å². The number of rotatable bonds is 3. The monoisotopic (exact) mass is 307 g/mol. The number of imidazole rings is 1. The molecule has 0 radical (unpaired) electrons. The molecule has 4 rings (SSSR count). The van der Waals surface area contributed by atoms with Crippen LogP contribution in [0.2, 0.25) is 0 Å². The highest BCUT2D eigenvalue weighted by molar-refractivity contribution is 7.10. The van der Waals surface area contributed by atoms with Gasteiger partial charge in [-0.3, -0.25) is 0 Å². The van der Waals surface area contributed by atoms with E-state index in [1.807, 2.05) is 36.4 Å². The smallest absolute Gasteiger partial charge is 0.306 e. The van der Waals surface area contributed by atoms with Gasteiger partial charge in [-0.05, 0) is 17.7 Å². The predicted octanol–water partition coefficient (Wildman–Crippen LogP) is 3.57. The minimum atomic E-state index is -0.185. The van der Waals surface area contributed by atoms with Crippen molar-refractivity contribution >= 4 is 22.4 Å². The van der Waals surface area contributed by atoms with Crippen molar-refractivity contribution < 1.29 is 0 Å². The molecule has 108 valence electrons. The summed E-state index contributed by atoms with van der Waals surface area (Å²) in [4.78, 5) is 21.6. The minimum Gasteiger partial charge on any atom is -0.306 e. The lowest BCUT2D eigenvalue weighted by Gasteiger charge is -1.98. The summed E-state index contributed by atoms with van der Waals surface area (Å²) in [6.45, 7) is 0. The zero-order valence-electron chi connectivity index (χ0n) is 11.7. The number of aromatic nitrogens is 3. The van der Waals surface area contributed by atoms with Crippen molar-refractivity contribution in [2.45, 2.75) is 6.42 Å². The van der Waals surface area contributed by atoms with Crippen LogP contribution in [-0.4, -0.2) is 15.0 Å². The Morgan fingerprint density at radius 1 is 1.00 bits per heavy atom. The molecule has 0 saturated carbocycles. The second kappa shape index (κ2) is 5.27. The van der Waals surface area contributed by atoms with Crippen molar-refractivity contribution in [2.75, 3.05) is 0 Å². The van der Waals surface area contributed by atoms with Gasteiger partial charge in [0.25, 0.3) is 0 Å². The van der Waals surface area contributed by atoms with Gasteiger partial charge in [-0.25, -0.2) is 9.78 Å². The number of nitrogens with zero attached hydrogens (tertiary/aromatic N) is 1. The molecule has 2 heterocycles. The van der Waals surface area contributed by atoms with E-state index < -0.39 is 0 Å². The summed E-state index contributed by atoms with van der Waals surface area (Å²) in [6, 6.07) is 16.2. The van der Waals surface area contributed by atoms with E-state index in [9.17, 15) is 4.79 Å². The molecule has 0 unspecified atom stereocenters. The second-order valence-corrected chi connectivity index (χ2v) is 6.07. The van der Waals surface area contributed by atoms with Crippen molar-refractivity contribution in [1.29, 1.82) is 0 Å². The minimum absolute atomic E-state index is 0.185. The molecular formula is C17H13N3OS. The first-order chi connectivity index (χ1) is 10.8. The number of hydrogen-bond donors (Lipinski definition) is 2. The Morgan fingerprint density at radius 2 is 1.82 bits per heavy atom. The molecule has 2 aromatic heterocycles. The van der Waals surface area contributed by atoms with Crippen molar-refractivity contribution in [3.63, 3.8) is 0 Å². The standard InChI is InChI=1S/C17H13N3OS/c21-17-19-13-7-6-12(9-14(13)20-17)15-10-22-16(18-15)8-11-4-2-1-3-5-11/h1-7,9-10H,8H2,(H2,19,20,21). The lowest BCUT2D eigenvalue weighted by atomic mass is 10.1. The van der Waals surface area contributed by atoms with Gasteiger partial charge < -0.3 is 9.97 Å². The van der Waals surface area contributed by atoms with Gasteiger partial charge in [0.2, 0.25) is 0 Å². The molecule has 0 aliphatic heterocycles. The first-order valence-electron chi connectivity index (χ1n) is 6.99. The van der Waals surface area contributed by atoms with E-state index in [1.165, 1.54) is 5.56 Å². The summed E-state index contributed by atoms with van der Waals surface area (Å²) in [5.74, 6) is 0. The topological polar surface area (TPSA) is 61.5 Å². The molecule has 0 aliphatic rings. The predicted molar refractivity (Wildman–Crippen MR) is 89.3 cm³/mol. The summed E-state index contributed by atoms with van der Waals surface area (Å²) in [7, 11) is 0. The van der Waals surface area contributed by atoms with Crippen molar-refractivity contribution in [1.82, 2.24) is 15.0 Å². The van der Waals surface area contributed by atoms with E-state index in [1.54, 1.807) is 11.3 Å². The molecule has 0 saturated heterocycles. The van der Waals surface area contributed by atoms with Crippen LogP contribution in [0.4, 0.5) is 0 Å². The molecule has 22 heavy (non-hydrogen) atoms. The molecule has 5 heteroatoms. The van der Waals surface area contributed by atoms with E-state index in [-0.39, 0.29) is 5.69 Å². The van der Waals surface area contributed by atoms with Gasteiger partial charge in [-0.1, -0.05) is 36.4 Å². The SMILES string of the molecule is O=c1[nH]c2ccc(-c3csc(Cc4ccccc4)n3)cc2[nH]1. The summed E-state index contributed by atoms with van der Waals surface area (Å²) >= 11 is 1.66. The zero-order chi connectivity index (χ0) is 14.9. The number of thiazole rings is 1. The Balaban J connectivity index is 1.66. The van der Waals surface area contributed by atoms with Gasteiger partial charge in [0.1, 0.15) is 0 Å². The lowest BCUT2D eigenvalue weighted by molar-refractivity contribution is 1.14. The molecule has 2 aromatic carbocycles. The van der Waals surface area contributed by atoms with Crippen LogP contribution in [0.15, 0.2) is 58.7 Å². The van der Waals surface area contributed by atoms with Gasteiger partial charge >= 0.3 is 5.69 Å². The van der Waals surface area contributed by atoms with Gasteiger partial charge in [0, 0.05) is 17.4 Å². The first kappa shape index (κ1) is 13.0. The average molecular weight is 307 g/mol. The number of hydrogen-bond acceptors (Lipinski definition) is 3. The maximum atomic E-state index is 11.3. The maximum Gasteiger partial charge on any atom is 0.323 e. The Kier molecular flexibility index (Phi) is 3.12. The van der Waals surface area contributed by atoms with Crippen LogP contribution in [0, 0.1) is 0 Å². The quantitative estimate of drug-likeness (QED) is 0.608. The van der Waals surface area contributed by atoms with Crippen molar-refractivity contribution in [3.05, 3.63) is 75.0 Å². The third-order valence-corrected chi connectivity index (χ3v) is 4.41. The van der Waals surface area contributed by atoms with Gasteiger partial charge in [-0.2, -0.15) is 0 Å². The number of fused-ring (bicyclic) bond motifs is 1. The Labute approximate surface area is 130 Å². The normalized spacial score (nSPS) is 11.1. The molecule has 0 fully saturated rings. The average Bonchev–Trinajstić information content (AvgIpc) is 3.13. The molecule has 2 N–H and O–H groups in total. The Morgan fingerprint density at radius 3 is 2.68 bits per heavy atom. The van der Waals surface area contributed by atoms with Crippen LogP contribution in [0.25, 0.3) is 22.3 Å². The highest BCUT2D eigenvalue weighted by atomic mass is 32.1. The van der Waals surface area contributed by atoms with E-state index in [4.69, 9.17) is 4.98 Å². The third kappa shape index (κ3) is 2.46. The molecule has 0 bridgehead atoms. The fraction of sp³-hybridized carbons (Fsp3) is 0.0588. The molecule has 4 nitrogen and oxygen atoms in total. The fourth-order valence-electron chi connectivity index (χ4n) is 2.49. The van der Waals surface area contributed by atoms with Gasteiger partial charge in [0.05, 0.1) is 21.7 Å². The van der Waals surface area contributed by atoms with Gasteiger partial charge in [-0.15, -0.1) is 11.3 Å². The van der Waals surface area contributed by atoms with Crippen LogP contribution < -0.4 is 5.69 Å². The number of H-pyrrole nitrogens is 2. The van der Waals surface area contributed by atoms with E-state index in [2.05, 4.69) is 27.5 Å². The number of nitrogens with one attached hydrogen (secondary N) is 2. The van der Waals surface area contributed by atoms with Crippen molar-refractivity contribution in [2.24, 2.45) is 0 Å². The van der Waals surface area contributed by atoms with Crippen LogP contribution in [0.3, 0.4) is 0 Å². The van der Waals surface area contributed by atoms with E-state index >= 15 is 0 Å². The van der Waals surface area contributed by atoms with E-state index in [0.29, 0.717) is 0 Å².